The van der Waals surface area contributed by atoms with Gasteiger partial charge in [0.15, 0.2) is 0 Å². The van der Waals surface area contributed by atoms with E-state index in [2.05, 4.69) is 0 Å². The fourth-order valence-corrected chi connectivity index (χ4v) is 5.70. The van der Waals surface area contributed by atoms with Crippen molar-refractivity contribution in [2.75, 3.05) is 46.1 Å². The minimum absolute atomic E-state index is 0.548. The number of hydrogen-bond donors (Lipinski definition) is 2. The second kappa shape index (κ2) is 18.5. The summed E-state index contributed by atoms with van der Waals surface area (Å²) in [4.78, 5) is 0. The van der Waals surface area contributed by atoms with Gasteiger partial charge in [0.2, 0.25) is 0 Å². The van der Waals surface area contributed by atoms with Crippen LogP contribution in [0.25, 0.3) is 0 Å². The summed E-state index contributed by atoms with van der Waals surface area (Å²) in [6.07, 6.45) is 0. The average Bonchev–Trinajstić information content (AvgIpc) is 2.50. The molecule has 0 amide bonds. The van der Waals surface area contributed by atoms with Crippen LogP contribution in [-0.4, -0.2) is 64.2 Å². The highest BCUT2D eigenvalue weighted by molar-refractivity contribution is 6.60. The molecule has 0 aliphatic carbocycles. The highest BCUT2D eigenvalue weighted by atomic mass is 28.4. The third kappa shape index (κ3) is 14.2. The number of rotatable bonds is 14. The normalized spacial score (nSPS) is 11.5. The lowest BCUT2D eigenvalue weighted by atomic mass is 10.8. The summed E-state index contributed by atoms with van der Waals surface area (Å²) in [7, 11) is -3.78. The van der Waals surface area contributed by atoms with Crippen molar-refractivity contribution in [1.82, 2.24) is 0 Å². The van der Waals surface area contributed by atoms with E-state index in [1.165, 1.54) is 0 Å². The van der Waals surface area contributed by atoms with Crippen LogP contribution in [0.2, 0.25) is 12.1 Å². The summed E-state index contributed by atoms with van der Waals surface area (Å²) in [6, 6.07) is 1.62. The fraction of sp³-hybridized carbons (Fsp3) is 1.00. The Balaban J connectivity index is 0. The molecule has 0 saturated heterocycles. The number of nitrogens with two attached hydrogens (primary N) is 2. The van der Waals surface area contributed by atoms with Crippen LogP contribution in [-0.2, 0) is 22.1 Å². The summed E-state index contributed by atoms with van der Waals surface area (Å²) in [5, 5.41) is 0. The quantitative estimate of drug-likeness (QED) is 0.444. The van der Waals surface area contributed by atoms with Crippen LogP contribution in [0, 0.1) is 0 Å². The molecule has 0 radical (unpaired) electrons. The first-order valence-electron chi connectivity index (χ1n) is 8.64. The van der Waals surface area contributed by atoms with Crippen molar-refractivity contribution in [2.45, 2.75) is 46.7 Å². The van der Waals surface area contributed by atoms with Gasteiger partial charge in [0.25, 0.3) is 0 Å². The molecule has 23 heavy (non-hydrogen) atoms. The molecule has 7 nitrogen and oxygen atoms in total. The lowest BCUT2D eigenvalue weighted by Gasteiger charge is -2.27. The molecule has 0 aliphatic heterocycles. The molecule has 0 atom stereocenters. The van der Waals surface area contributed by atoms with Crippen molar-refractivity contribution in [3.63, 3.8) is 0 Å². The molecular weight excluding hydrogens is 332 g/mol. The van der Waals surface area contributed by atoms with Gasteiger partial charge in [-0.2, -0.15) is 0 Å². The molecule has 0 aromatic heterocycles. The SMILES string of the molecule is CCO[SiH](CCN)OCC.CCO[Si](CCN)(OCC)OCC. The molecule has 0 heterocycles. The maximum Gasteiger partial charge on any atom is 0.502 e. The van der Waals surface area contributed by atoms with Gasteiger partial charge >= 0.3 is 18.1 Å². The van der Waals surface area contributed by atoms with E-state index in [0.29, 0.717) is 39.0 Å². The van der Waals surface area contributed by atoms with Crippen molar-refractivity contribution < 1.29 is 22.1 Å². The predicted molar refractivity (Wildman–Crippen MR) is 98.8 cm³/mol. The molecule has 0 aromatic carbocycles. The highest BCUT2D eigenvalue weighted by Gasteiger charge is 2.39. The topological polar surface area (TPSA) is 98.2 Å². The van der Waals surface area contributed by atoms with E-state index >= 15 is 0 Å². The number of hydrogen-bond acceptors (Lipinski definition) is 7. The van der Waals surface area contributed by atoms with Crippen LogP contribution in [0.4, 0.5) is 0 Å². The first-order chi connectivity index (χ1) is 11.1. The second-order valence-electron chi connectivity index (χ2n) is 4.44. The Morgan fingerprint density at radius 2 is 1.13 bits per heavy atom. The first-order valence-corrected chi connectivity index (χ1v) is 12.3. The van der Waals surface area contributed by atoms with Crippen LogP contribution < -0.4 is 11.5 Å². The summed E-state index contributed by atoms with van der Waals surface area (Å²) in [6.45, 7) is 14.4. The molecule has 9 heteroatoms. The van der Waals surface area contributed by atoms with Crippen molar-refractivity contribution >= 4 is 18.1 Å². The monoisotopic (exact) mass is 370 g/mol. The van der Waals surface area contributed by atoms with E-state index in [-0.39, 0.29) is 0 Å². The third-order valence-corrected chi connectivity index (χ3v) is 7.95. The van der Waals surface area contributed by atoms with Gasteiger partial charge in [-0.3, -0.25) is 0 Å². The fourth-order valence-electron chi connectivity index (χ4n) is 1.90. The average molecular weight is 371 g/mol. The smallest absolute Gasteiger partial charge is 0.397 e. The van der Waals surface area contributed by atoms with Gasteiger partial charge in [-0.05, 0) is 47.7 Å². The Kier molecular flexibility index (Phi) is 20.4. The van der Waals surface area contributed by atoms with Gasteiger partial charge in [-0.15, -0.1) is 0 Å². The van der Waals surface area contributed by atoms with E-state index in [0.717, 1.165) is 19.3 Å². The summed E-state index contributed by atoms with van der Waals surface area (Å²) in [5.41, 5.74) is 10.9. The zero-order chi connectivity index (χ0) is 18.0. The lowest BCUT2D eigenvalue weighted by molar-refractivity contribution is 0.0719. The highest BCUT2D eigenvalue weighted by Crippen LogP contribution is 2.14. The third-order valence-electron chi connectivity index (χ3n) is 2.65. The molecule has 4 N–H and O–H groups in total. The molecular formula is C14H38N2O5Si2. The Bertz CT molecular complexity index is 197. The Morgan fingerprint density at radius 3 is 1.39 bits per heavy atom. The van der Waals surface area contributed by atoms with Crippen molar-refractivity contribution in [1.29, 1.82) is 0 Å². The van der Waals surface area contributed by atoms with Crippen LogP contribution in [0.1, 0.15) is 34.6 Å². The lowest BCUT2D eigenvalue weighted by Crippen LogP contribution is -2.47. The maximum atomic E-state index is 5.57. The van der Waals surface area contributed by atoms with Crippen LogP contribution in [0.3, 0.4) is 0 Å². The minimum atomic E-state index is -2.42. The molecule has 0 saturated carbocycles. The van der Waals surface area contributed by atoms with E-state index in [4.69, 9.17) is 33.6 Å². The molecule has 0 unspecified atom stereocenters. The molecule has 0 rings (SSSR count). The van der Waals surface area contributed by atoms with Crippen molar-refractivity contribution in [3.8, 4) is 0 Å². The molecule has 0 aliphatic rings. The largest absolute Gasteiger partial charge is 0.502 e. The second-order valence-corrected chi connectivity index (χ2v) is 9.27. The molecule has 0 fully saturated rings. The van der Waals surface area contributed by atoms with E-state index < -0.39 is 18.1 Å². The molecule has 142 valence electrons. The zero-order valence-electron chi connectivity index (χ0n) is 15.6. The summed E-state index contributed by atoms with van der Waals surface area (Å²) >= 11 is 0. The van der Waals surface area contributed by atoms with E-state index in [9.17, 15) is 0 Å². The van der Waals surface area contributed by atoms with Gasteiger partial charge < -0.3 is 33.6 Å². The van der Waals surface area contributed by atoms with Gasteiger partial charge in [0.05, 0.1) is 0 Å². The maximum absolute atomic E-state index is 5.57. The summed E-state index contributed by atoms with van der Waals surface area (Å²) in [5.74, 6) is 0. The van der Waals surface area contributed by atoms with Gasteiger partial charge in [0.1, 0.15) is 0 Å². The molecule has 0 bridgehead atoms. The molecule has 0 spiro atoms. The minimum Gasteiger partial charge on any atom is -0.397 e. The summed E-state index contributed by atoms with van der Waals surface area (Å²) < 4.78 is 27.4. The zero-order valence-corrected chi connectivity index (χ0v) is 17.8. The van der Waals surface area contributed by atoms with Gasteiger partial charge in [-0.25, -0.2) is 0 Å². The Labute approximate surface area is 145 Å². The standard InChI is InChI=1S/C8H21NO3Si.C6H17NO2Si/c1-4-10-13(8-7-9,11-5-2)12-6-3;1-3-8-10(6-5-7)9-4-2/h4-9H2,1-3H3;10H,3-7H2,1-2H3. The van der Waals surface area contributed by atoms with Crippen LogP contribution in [0.5, 0.6) is 0 Å². The predicted octanol–water partition coefficient (Wildman–Crippen LogP) is 1.23. The molecule has 0 aromatic rings. The van der Waals surface area contributed by atoms with Crippen molar-refractivity contribution in [2.24, 2.45) is 11.5 Å². The van der Waals surface area contributed by atoms with Crippen LogP contribution >= 0.6 is 0 Å². The van der Waals surface area contributed by atoms with E-state index in [1.54, 1.807) is 0 Å². The first kappa shape index (κ1) is 25.4. The van der Waals surface area contributed by atoms with Crippen LogP contribution in [0.15, 0.2) is 0 Å². The van der Waals surface area contributed by atoms with Crippen molar-refractivity contribution in [3.05, 3.63) is 0 Å². The van der Waals surface area contributed by atoms with Gasteiger partial charge in [-0.1, -0.05) is 0 Å². The Morgan fingerprint density at radius 1 is 0.696 bits per heavy atom. The van der Waals surface area contributed by atoms with Gasteiger partial charge in [0, 0.05) is 45.1 Å². The van der Waals surface area contributed by atoms with E-state index in [1.807, 2.05) is 34.6 Å². The Hall–Kier alpha value is 0.154.